The average Bonchev–Trinajstić information content (AvgIpc) is 2.64. The first-order valence-electron chi connectivity index (χ1n) is 7.95. The molecule has 1 fully saturated rings. The topological polar surface area (TPSA) is 80.2 Å². The van der Waals surface area contributed by atoms with Gasteiger partial charge in [-0.15, -0.1) is 0 Å². The number of hydrogen-bond acceptors (Lipinski definition) is 6. The molecule has 7 heteroatoms. The Bertz CT molecular complexity index is 735. The van der Waals surface area contributed by atoms with Crippen molar-refractivity contribution in [3.05, 3.63) is 35.7 Å². The smallest absolute Gasteiger partial charge is 0.250 e. The van der Waals surface area contributed by atoms with Crippen LogP contribution in [0.2, 0.25) is 0 Å². The SMILES string of the molecule is CNC(=O)C1CN(c2nc(-c3ccccn3)nc(C)c2C)CCO1. The third-order valence-electron chi connectivity index (χ3n) is 4.16. The first-order chi connectivity index (χ1) is 11.6. The number of anilines is 1. The highest BCUT2D eigenvalue weighted by atomic mass is 16.5. The van der Waals surface area contributed by atoms with Gasteiger partial charge in [-0.05, 0) is 26.0 Å². The van der Waals surface area contributed by atoms with Crippen molar-refractivity contribution in [2.75, 3.05) is 31.6 Å². The second-order valence-corrected chi connectivity index (χ2v) is 5.72. The minimum atomic E-state index is -0.489. The van der Waals surface area contributed by atoms with E-state index in [0.29, 0.717) is 25.5 Å². The summed E-state index contributed by atoms with van der Waals surface area (Å²) < 4.78 is 5.56. The summed E-state index contributed by atoms with van der Waals surface area (Å²) in [5.74, 6) is 1.31. The van der Waals surface area contributed by atoms with E-state index < -0.39 is 6.10 Å². The minimum Gasteiger partial charge on any atom is -0.365 e. The Labute approximate surface area is 141 Å². The van der Waals surface area contributed by atoms with E-state index in [-0.39, 0.29) is 5.91 Å². The number of nitrogens with zero attached hydrogens (tertiary/aromatic N) is 4. The number of ether oxygens (including phenoxy) is 1. The molecule has 126 valence electrons. The van der Waals surface area contributed by atoms with Gasteiger partial charge in [-0.3, -0.25) is 9.78 Å². The van der Waals surface area contributed by atoms with Gasteiger partial charge in [0.1, 0.15) is 11.5 Å². The van der Waals surface area contributed by atoms with Crippen LogP contribution in [0.1, 0.15) is 11.3 Å². The largest absolute Gasteiger partial charge is 0.365 e. The third kappa shape index (κ3) is 3.21. The van der Waals surface area contributed by atoms with Crippen molar-refractivity contribution in [1.29, 1.82) is 0 Å². The Morgan fingerprint density at radius 1 is 1.33 bits per heavy atom. The summed E-state index contributed by atoms with van der Waals surface area (Å²) in [6, 6.07) is 5.67. The van der Waals surface area contributed by atoms with Crippen LogP contribution in [0.5, 0.6) is 0 Å². The van der Waals surface area contributed by atoms with Crippen LogP contribution >= 0.6 is 0 Å². The highest BCUT2D eigenvalue weighted by Gasteiger charge is 2.28. The summed E-state index contributed by atoms with van der Waals surface area (Å²) in [7, 11) is 1.61. The van der Waals surface area contributed by atoms with Crippen LogP contribution in [0.25, 0.3) is 11.5 Å². The monoisotopic (exact) mass is 327 g/mol. The molecule has 1 aliphatic heterocycles. The Morgan fingerprint density at radius 2 is 2.17 bits per heavy atom. The molecule has 7 nitrogen and oxygen atoms in total. The molecule has 1 atom stereocenters. The van der Waals surface area contributed by atoms with Gasteiger partial charge in [-0.2, -0.15) is 0 Å². The van der Waals surface area contributed by atoms with Gasteiger partial charge < -0.3 is 15.0 Å². The van der Waals surface area contributed by atoms with Crippen molar-refractivity contribution in [3.63, 3.8) is 0 Å². The fraction of sp³-hybridized carbons (Fsp3) is 0.412. The zero-order valence-electron chi connectivity index (χ0n) is 14.1. The van der Waals surface area contributed by atoms with Crippen molar-refractivity contribution in [2.45, 2.75) is 20.0 Å². The molecule has 0 saturated carbocycles. The number of aromatic nitrogens is 3. The van der Waals surface area contributed by atoms with Gasteiger partial charge in [0.2, 0.25) is 0 Å². The zero-order chi connectivity index (χ0) is 17.1. The molecule has 0 aliphatic carbocycles. The molecule has 0 bridgehead atoms. The molecule has 0 spiro atoms. The molecule has 1 aliphatic rings. The predicted molar refractivity (Wildman–Crippen MR) is 90.8 cm³/mol. The predicted octanol–water partition coefficient (Wildman–Crippen LogP) is 1.11. The fourth-order valence-corrected chi connectivity index (χ4v) is 2.69. The molecular weight excluding hydrogens is 306 g/mol. The molecule has 1 saturated heterocycles. The highest BCUT2D eigenvalue weighted by Crippen LogP contribution is 2.25. The summed E-state index contributed by atoms with van der Waals surface area (Å²) >= 11 is 0. The zero-order valence-corrected chi connectivity index (χ0v) is 14.1. The van der Waals surface area contributed by atoms with E-state index >= 15 is 0 Å². The number of aryl methyl sites for hydroxylation is 1. The molecule has 0 radical (unpaired) electrons. The summed E-state index contributed by atoms with van der Waals surface area (Å²) in [5.41, 5.74) is 2.65. The highest BCUT2D eigenvalue weighted by molar-refractivity contribution is 5.81. The number of amides is 1. The fourth-order valence-electron chi connectivity index (χ4n) is 2.69. The van der Waals surface area contributed by atoms with Gasteiger partial charge in [-0.25, -0.2) is 9.97 Å². The van der Waals surface area contributed by atoms with Crippen molar-refractivity contribution in [3.8, 4) is 11.5 Å². The Kier molecular flexibility index (Phi) is 4.71. The Morgan fingerprint density at radius 3 is 2.88 bits per heavy atom. The van der Waals surface area contributed by atoms with E-state index in [4.69, 9.17) is 9.72 Å². The molecule has 2 aromatic rings. The Balaban J connectivity index is 1.95. The second kappa shape index (κ2) is 6.92. The van der Waals surface area contributed by atoms with Crippen molar-refractivity contribution in [2.24, 2.45) is 0 Å². The van der Waals surface area contributed by atoms with Gasteiger partial charge in [0.25, 0.3) is 5.91 Å². The number of hydrogen-bond donors (Lipinski definition) is 1. The van der Waals surface area contributed by atoms with Crippen LogP contribution in [0.15, 0.2) is 24.4 Å². The van der Waals surface area contributed by atoms with Gasteiger partial charge in [0, 0.05) is 31.0 Å². The lowest BCUT2D eigenvalue weighted by atomic mass is 10.2. The quantitative estimate of drug-likeness (QED) is 0.909. The second-order valence-electron chi connectivity index (χ2n) is 5.72. The van der Waals surface area contributed by atoms with Gasteiger partial charge in [0.15, 0.2) is 11.9 Å². The van der Waals surface area contributed by atoms with Crippen molar-refractivity contribution < 1.29 is 9.53 Å². The summed E-state index contributed by atoms with van der Waals surface area (Å²) in [6.45, 7) is 5.60. The summed E-state index contributed by atoms with van der Waals surface area (Å²) in [5, 5.41) is 2.64. The summed E-state index contributed by atoms with van der Waals surface area (Å²) in [4.78, 5) is 27.6. The van der Waals surface area contributed by atoms with Gasteiger partial charge >= 0.3 is 0 Å². The van der Waals surface area contributed by atoms with Crippen LogP contribution in [-0.4, -0.2) is 53.7 Å². The first kappa shape index (κ1) is 16.3. The van der Waals surface area contributed by atoms with Crippen LogP contribution < -0.4 is 10.2 Å². The third-order valence-corrected chi connectivity index (χ3v) is 4.16. The van der Waals surface area contributed by atoms with Crippen molar-refractivity contribution in [1.82, 2.24) is 20.3 Å². The number of nitrogens with one attached hydrogen (secondary N) is 1. The molecule has 2 aromatic heterocycles. The van der Waals surface area contributed by atoms with Gasteiger partial charge in [0.05, 0.1) is 13.2 Å². The normalized spacial score (nSPS) is 17.6. The standard InChI is InChI=1S/C17H21N5O2/c1-11-12(2)20-15(13-6-4-5-7-19-13)21-16(11)22-8-9-24-14(10-22)17(23)18-3/h4-7,14H,8-10H2,1-3H3,(H,18,23). The lowest BCUT2D eigenvalue weighted by Gasteiger charge is -2.33. The molecule has 3 rings (SSSR count). The van der Waals surface area contributed by atoms with Crippen LogP contribution in [0.3, 0.4) is 0 Å². The maximum absolute atomic E-state index is 11.9. The van der Waals surface area contributed by atoms with E-state index in [2.05, 4.69) is 20.2 Å². The molecule has 1 unspecified atom stereocenters. The van der Waals surface area contributed by atoms with Crippen LogP contribution in [0, 0.1) is 13.8 Å². The number of rotatable bonds is 3. The van der Waals surface area contributed by atoms with E-state index in [0.717, 1.165) is 22.8 Å². The number of carbonyl (C=O) groups excluding carboxylic acids is 1. The Hall–Kier alpha value is -2.54. The molecule has 0 aromatic carbocycles. The van der Waals surface area contributed by atoms with Crippen molar-refractivity contribution >= 4 is 11.7 Å². The maximum Gasteiger partial charge on any atom is 0.250 e. The van der Waals surface area contributed by atoms with E-state index in [9.17, 15) is 4.79 Å². The average molecular weight is 327 g/mol. The minimum absolute atomic E-state index is 0.118. The molecular formula is C17H21N5O2. The molecule has 1 amide bonds. The maximum atomic E-state index is 11.9. The van der Waals surface area contributed by atoms with Crippen LogP contribution in [-0.2, 0) is 9.53 Å². The van der Waals surface area contributed by atoms with E-state index in [1.165, 1.54) is 0 Å². The summed E-state index contributed by atoms with van der Waals surface area (Å²) in [6.07, 6.45) is 1.24. The molecule has 1 N–H and O–H groups in total. The molecule has 24 heavy (non-hydrogen) atoms. The lowest BCUT2D eigenvalue weighted by molar-refractivity contribution is -0.132. The number of morpholine rings is 1. The van der Waals surface area contributed by atoms with Crippen LogP contribution in [0.4, 0.5) is 5.82 Å². The van der Waals surface area contributed by atoms with E-state index in [1.807, 2.05) is 32.0 Å². The van der Waals surface area contributed by atoms with E-state index in [1.54, 1.807) is 13.2 Å². The van der Waals surface area contributed by atoms with Gasteiger partial charge in [-0.1, -0.05) is 6.07 Å². The first-order valence-corrected chi connectivity index (χ1v) is 7.95. The molecule has 3 heterocycles. The number of likely N-dealkylation sites (N-methyl/N-ethyl adjacent to an activating group) is 1. The number of pyridine rings is 1. The number of carbonyl (C=O) groups is 1. The lowest BCUT2D eigenvalue weighted by Crippen LogP contribution is -2.49.